The number of hydrogen-bond donors (Lipinski definition) is 1. The summed E-state index contributed by atoms with van der Waals surface area (Å²) in [6.45, 7) is 9.77. The van der Waals surface area contributed by atoms with E-state index >= 15 is 0 Å². The minimum absolute atomic E-state index is 0.315. The highest BCUT2D eigenvalue weighted by Gasteiger charge is 2.18. The second kappa shape index (κ2) is 6.91. The Bertz CT molecular complexity index is 358. The number of hydrogen-bond acceptors (Lipinski definition) is 2. The van der Waals surface area contributed by atoms with Gasteiger partial charge in [0.15, 0.2) is 0 Å². The summed E-state index contributed by atoms with van der Waals surface area (Å²) in [6, 6.07) is 8.65. The SMILES string of the molecule is Cc1ccccc1CCN(C)CC(C)(C)CCN. The summed E-state index contributed by atoms with van der Waals surface area (Å²) in [6.07, 6.45) is 2.21. The van der Waals surface area contributed by atoms with Crippen LogP contribution in [0.25, 0.3) is 0 Å². The normalized spacial score (nSPS) is 12.1. The van der Waals surface area contributed by atoms with Gasteiger partial charge in [-0.2, -0.15) is 0 Å². The monoisotopic (exact) mass is 248 g/mol. The smallest absolute Gasteiger partial charge is 0.00302 e. The molecular formula is C16H28N2. The van der Waals surface area contributed by atoms with Gasteiger partial charge in [-0.25, -0.2) is 0 Å². The third-order valence-corrected chi connectivity index (χ3v) is 3.54. The second-order valence-corrected chi connectivity index (χ2v) is 6.12. The molecule has 2 heteroatoms. The van der Waals surface area contributed by atoms with E-state index in [1.165, 1.54) is 11.1 Å². The summed E-state index contributed by atoms with van der Waals surface area (Å²) in [5, 5.41) is 0. The largest absolute Gasteiger partial charge is 0.330 e. The van der Waals surface area contributed by atoms with Crippen molar-refractivity contribution < 1.29 is 0 Å². The minimum atomic E-state index is 0.315. The van der Waals surface area contributed by atoms with E-state index in [1.807, 2.05) is 0 Å². The fourth-order valence-corrected chi connectivity index (χ4v) is 2.48. The first-order valence-corrected chi connectivity index (χ1v) is 6.88. The fourth-order valence-electron chi connectivity index (χ4n) is 2.48. The van der Waals surface area contributed by atoms with Crippen molar-refractivity contribution in [2.24, 2.45) is 11.1 Å². The summed E-state index contributed by atoms with van der Waals surface area (Å²) in [5.41, 5.74) is 8.83. The molecule has 1 aromatic rings. The Morgan fingerprint density at radius 1 is 1.22 bits per heavy atom. The maximum atomic E-state index is 5.66. The predicted molar refractivity (Wildman–Crippen MR) is 79.8 cm³/mol. The highest BCUT2D eigenvalue weighted by molar-refractivity contribution is 5.25. The molecule has 0 bridgehead atoms. The molecule has 0 unspecified atom stereocenters. The molecule has 0 saturated heterocycles. The van der Waals surface area contributed by atoms with Crippen LogP contribution in [0, 0.1) is 12.3 Å². The molecule has 0 aliphatic rings. The Labute approximate surface area is 112 Å². The molecule has 0 radical (unpaired) electrons. The van der Waals surface area contributed by atoms with Crippen molar-refractivity contribution in [2.75, 3.05) is 26.7 Å². The first-order chi connectivity index (χ1) is 8.44. The van der Waals surface area contributed by atoms with E-state index in [2.05, 4.69) is 57.0 Å². The molecular weight excluding hydrogens is 220 g/mol. The zero-order valence-corrected chi connectivity index (χ0v) is 12.4. The molecule has 2 nitrogen and oxygen atoms in total. The molecule has 2 N–H and O–H groups in total. The molecule has 0 atom stereocenters. The number of nitrogens with two attached hydrogens (primary N) is 1. The number of nitrogens with zero attached hydrogens (tertiary/aromatic N) is 1. The molecule has 0 spiro atoms. The summed E-state index contributed by atoms with van der Waals surface area (Å²) in [4.78, 5) is 2.42. The molecule has 18 heavy (non-hydrogen) atoms. The van der Waals surface area contributed by atoms with Crippen LogP contribution in [0.15, 0.2) is 24.3 Å². The summed E-state index contributed by atoms with van der Waals surface area (Å²) >= 11 is 0. The number of benzene rings is 1. The van der Waals surface area contributed by atoms with Crippen LogP contribution in [0.2, 0.25) is 0 Å². The van der Waals surface area contributed by atoms with Crippen LogP contribution in [0.5, 0.6) is 0 Å². The van der Waals surface area contributed by atoms with E-state index in [4.69, 9.17) is 5.73 Å². The molecule has 0 aromatic heterocycles. The molecule has 0 aliphatic carbocycles. The predicted octanol–water partition coefficient (Wildman–Crippen LogP) is 2.84. The molecule has 0 aliphatic heterocycles. The van der Waals surface area contributed by atoms with Crippen LogP contribution in [-0.4, -0.2) is 31.6 Å². The Morgan fingerprint density at radius 3 is 2.50 bits per heavy atom. The minimum Gasteiger partial charge on any atom is -0.330 e. The lowest BCUT2D eigenvalue weighted by Gasteiger charge is -2.30. The Hall–Kier alpha value is -0.860. The molecule has 1 aromatic carbocycles. The van der Waals surface area contributed by atoms with Gasteiger partial charge in [-0.3, -0.25) is 0 Å². The van der Waals surface area contributed by atoms with Gasteiger partial charge < -0.3 is 10.6 Å². The van der Waals surface area contributed by atoms with Crippen LogP contribution in [0.4, 0.5) is 0 Å². The van der Waals surface area contributed by atoms with E-state index in [0.29, 0.717) is 5.41 Å². The molecule has 1 rings (SSSR count). The maximum Gasteiger partial charge on any atom is 0.00302 e. The van der Waals surface area contributed by atoms with Crippen LogP contribution < -0.4 is 5.73 Å². The van der Waals surface area contributed by atoms with Crippen molar-refractivity contribution in [3.63, 3.8) is 0 Å². The van der Waals surface area contributed by atoms with Gasteiger partial charge in [-0.05, 0) is 49.9 Å². The third-order valence-electron chi connectivity index (χ3n) is 3.54. The van der Waals surface area contributed by atoms with E-state index < -0.39 is 0 Å². The van der Waals surface area contributed by atoms with Gasteiger partial charge in [-0.15, -0.1) is 0 Å². The quantitative estimate of drug-likeness (QED) is 0.804. The number of aryl methyl sites for hydroxylation is 1. The Balaban J connectivity index is 2.42. The number of likely N-dealkylation sites (N-methyl/N-ethyl adjacent to an activating group) is 1. The average Bonchev–Trinajstić information content (AvgIpc) is 2.27. The lowest BCUT2D eigenvalue weighted by Crippen LogP contribution is -2.34. The van der Waals surface area contributed by atoms with E-state index in [1.54, 1.807) is 0 Å². The van der Waals surface area contributed by atoms with E-state index in [9.17, 15) is 0 Å². The third kappa shape index (κ3) is 5.19. The average molecular weight is 248 g/mol. The topological polar surface area (TPSA) is 29.3 Å². The molecule has 0 amide bonds. The van der Waals surface area contributed by atoms with Crippen molar-refractivity contribution in [3.8, 4) is 0 Å². The standard InChI is InChI=1S/C16H28N2/c1-14-7-5-6-8-15(14)9-12-18(4)13-16(2,3)10-11-17/h5-8H,9-13,17H2,1-4H3. The lowest BCUT2D eigenvalue weighted by molar-refractivity contribution is 0.202. The zero-order chi connectivity index (χ0) is 13.6. The molecule has 102 valence electrons. The summed E-state index contributed by atoms with van der Waals surface area (Å²) in [5.74, 6) is 0. The fraction of sp³-hybridized carbons (Fsp3) is 0.625. The first-order valence-electron chi connectivity index (χ1n) is 6.88. The van der Waals surface area contributed by atoms with Crippen molar-refractivity contribution in [2.45, 2.75) is 33.6 Å². The van der Waals surface area contributed by atoms with Gasteiger partial charge >= 0.3 is 0 Å². The summed E-state index contributed by atoms with van der Waals surface area (Å²) < 4.78 is 0. The van der Waals surface area contributed by atoms with Crippen LogP contribution in [0.1, 0.15) is 31.4 Å². The summed E-state index contributed by atoms with van der Waals surface area (Å²) in [7, 11) is 2.20. The highest BCUT2D eigenvalue weighted by Crippen LogP contribution is 2.20. The van der Waals surface area contributed by atoms with Crippen molar-refractivity contribution in [1.82, 2.24) is 4.90 Å². The Kier molecular flexibility index (Phi) is 5.83. The highest BCUT2D eigenvalue weighted by atomic mass is 15.1. The lowest BCUT2D eigenvalue weighted by atomic mass is 9.89. The number of rotatable bonds is 7. The second-order valence-electron chi connectivity index (χ2n) is 6.12. The van der Waals surface area contributed by atoms with Crippen LogP contribution in [0.3, 0.4) is 0 Å². The maximum absolute atomic E-state index is 5.66. The van der Waals surface area contributed by atoms with Crippen molar-refractivity contribution in [3.05, 3.63) is 35.4 Å². The van der Waals surface area contributed by atoms with Gasteiger partial charge in [0.05, 0.1) is 0 Å². The van der Waals surface area contributed by atoms with Gasteiger partial charge in [0, 0.05) is 13.1 Å². The van der Waals surface area contributed by atoms with Crippen molar-refractivity contribution in [1.29, 1.82) is 0 Å². The van der Waals surface area contributed by atoms with Gasteiger partial charge in [0.2, 0.25) is 0 Å². The van der Waals surface area contributed by atoms with Crippen molar-refractivity contribution >= 4 is 0 Å². The van der Waals surface area contributed by atoms with E-state index in [0.717, 1.165) is 32.5 Å². The van der Waals surface area contributed by atoms with Crippen LogP contribution >= 0.6 is 0 Å². The molecule has 0 heterocycles. The van der Waals surface area contributed by atoms with Gasteiger partial charge in [0.25, 0.3) is 0 Å². The van der Waals surface area contributed by atoms with Gasteiger partial charge in [-0.1, -0.05) is 38.1 Å². The molecule has 0 saturated carbocycles. The Morgan fingerprint density at radius 2 is 1.89 bits per heavy atom. The van der Waals surface area contributed by atoms with Crippen LogP contribution in [-0.2, 0) is 6.42 Å². The first kappa shape index (κ1) is 15.2. The molecule has 0 fully saturated rings. The van der Waals surface area contributed by atoms with E-state index in [-0.39, 0.29) is 0 Å². The zero-order valence-electron chi connectivity index (χ0n) is 12.4. The van der Waals surface area contributed by atoms with Gasteiger partial charge in [0.1, 0.15) is 0 Å².